The molecule has 1 aromatic rings. The quantitative estimate of drug-likeness (QED) is 0.828. The van der Waals surface area contributed by atoms with E-state index in [9.17, 15) is 10.1 Å². The van der Waals surface area contributed by atoms with Gasteiger partial charge in [-0.05, 0) is 18.9 Å². The molecular weight excluding hydrogens is 272 g/mol. The van der Waals surface area contributed by atoms with Crippen LogP contribution < -0.4 is 11.1 Å². The van der Waals surface area contributed by atoms with Gasteiger partial charge in [-0.15, -0.1) is 11.8 Å². The fourth-order valence-corrected chi connectivity index (χ4v) is 3.13. The van der Waals surface area contributed by atoms with Gasteiger partial charge < -0.3 is 11.1 Å². The number of nitrogens with zero attached hydrogens (tertiary/aromatic N) is 2. The van der Waals surface area contributed by atoms with Gasteiger partial charge in [0, 0.05) is 11.1 Å². The van der Waals surface area contributed by atoms with Crippen molar-refractivity contribution in [2.45, 2.75) is 42.5 Å². The topological polar surface area (TPSA) is 91.8 Å². The maximum absolute atomic E-state index is 12.0. The van der Waals surface area contributed by atoms with Gasteiger partial charge in [0.2, 0.25) is 5.91 Å². The molecule has 1 amide bonds. The Balaban J connectivity index is 1.89. The van der Waals surface area contributed by atoms with Crippen LogP contribution in [-0.4, -0.2) is 22.2 Å². The Morgan fingerprint density at radius 2 is 2.25 bits per heavy atom. The van der Waals surface area contributed by atoms with Gasteiger partial charge in [-0.1, -0.05) is 19.3 Å². The molecule has 5 nitrogen and oxygen atoms in total. The summed E-state index contributed by atoms with van der Waals surface area (Å²) in [4.78, 5) is 16.8. The van der Waals surface area contributed by atoms with Crippen LogP contribution in [0.1, 0.15) is 32.1 Å². The van der Waals surface area contributed by atoms with Gasteiger partial charge in [-0.25, -0.2) is 0 Å². The Morgan fingerprint density at radius 3 is 2.90 bits per heavy atom. The third kappa shape index (κ3) is 3.64. The van der Waals surface area contributed by atoms with E-state index in [4.69, 9.17) is 5.73 Å². The van der Waals surface area contributed by atoms with Crippen molar-refractivity contribution in [2.24, 2.45) is 0 Å². The monoisotopic (exact) mass is 290 g/mol. The van der Waals surface area contributed by atoms with Crippen LogP contribution in [0.3, 0.4) is 0 Å². The van der Waals surface area contributed by atoms with Gasteiger partial charge in [0.15, 0.2) is 0 Å². The van der Waals surface area contributed by atoms with E-state index < -0.39 is 5.54 Å². The number of nitriles is 1. The summed E-state index contributed by atoms with van der Waals surface area (Å²) in [5.74, 6) is 0.145. The number of hydrogen-bond donors (Lipinski definition) is 2. The first-order valence-electron chi connectivity index (χ1n) is 6.70. The second-order valence-corrected chi connectivity index (χ2v) is 6.02. The van der Waals surface area contributed by atoms with Crippen LogP contribution in [0.25, 0.3) is 0 Å². The minimum atomic E-state index is -0.667. The molecular formula is C14H18N4OS. The Morgan fingerprint density at radius 1 is 1.50 bits per heavy atom. The summed E-state index contributed by atoms with van der Waals surface area (Å²) in [6, 6.07) is 4.07. The number of amides is 1. The molecule has 0 bridgehead atoms. The number of carbonyl (C=O) groups excluding carboxylic acids is 1. The molecule has 2 rings (SSSR count). The highest BCUT2D eigenvalue weighted by molar-refractivity contribution is 8.00. The van der Waals surface area contributed by atoms with E-state index in [1.54, 1.807) is 18.5 Å². The summed E-state index contributed by atoms with van der Waals surface area (Å²) in [5.41, 5.74) is 5.68. The summed E-state index contributed by atoms with van der Waals surface area (Å²) >= 11 is 1.37. The first kappa shape index (κ1) is 14.7. The molecule has 0 unspecified atom stereocenters. The van der Waals surface area contributed by atoms with Crippen LogP contribution in [0.4, 0.5) is 5.69 Å². The highest BCUT2D eigenvalue weighted by Crippen LogP contribution is 2.28. The first-order valence-corrected chi connectivity index (χ1v) is 7.68. The summed E-state index contributed by atoms with van der Waals surface area (Å²) in [7, 11) is 0. The first-order chi connectivity index (χ1) is 9.65. The second kappa shape index (κ2) is 6.62. The maximum Gasteiger partial charge on any atom is 0.231 e. The van der Waals surface area contributed by atoms with Crippen LogP contribution in [-0.2, 0) is 4.79 Å². The smallest absolute Gasteiger partial charge is 0.231 e. The average molecular weight is 290 g/mol. The van der Waals surface area contributed by atoms with E-state index in [0.717, 1.165) is 37.0 Å². The molecule has 106 valence electrons. The number of carbonyl (C=O) groups is 1. The van der Waals surface area contributed by atoms with Crippen molar-refractivity contribution in [3.05, 3.63) is 18.5 Å². The molecule has 1 aromatic heterocycles. The van der Waals surface area contributed by atoms with Gasteiger partial charge >= 0.3 is 0 Å². The van der Waals surface area contributed by atoms with Crippen LogP contribution in [0, 0.1) is 11.3 Å². The van der Waals surface area contributed by atoms with Crippen LogP contribution in [0.15, 0.2) is 23.4 Å². The molecule has 1 aliphatic rings. The number of nitrogen functional groups attached to an aromatic ring is 1. The molecule has 20 heavy (non-hydrogen) atoms. The highest BCUT2D eigenvalue weighted by atomic mass is 32.2. The van der Waals surface area contributed by atoms with E-state index in [-0.39, 0.29) is 11.7 Å². The second-order valence-electron chi connectivity index (χ2n) is 5.00. The van der Waals surface area contributed by atoms with E-state index in [2.05, 4.69) is 16.4 Å². The van der Waals surface area contributed by atoms with Crippen molar-refractivity contribution in [3.63, 3.8) is 0 Å². The van der Waals surface area contributed by atoms with Crippen molar-refractivity contribution in [1.82, 2.24) is 10.3 Å². The molecule has 1 aliphatic carbocycles. The molecule has 0 aromatic carbocycles. The molecule has 6 heteroatoms. The van der Waals surface area contributed by atoms with Crippen molar-refractivity contribution in [3.8, 4) is 6.07 Å². The molecule has 0 spiro atoms. The predicted octanol–water partition coefficient (Wildman–Crippen LogP) is 2.10. The Kier molecular flexibility index (Phi) is 4.85. The molecule has 0 saturated heterocycles. The Bertz CT molecular complexity index is 520. The maximum atomic E-state index is 12.0. The van der Waals surface area contributed by atoms with E-state index >= 15 is 0 Å². The number of rotatable bonds is 4. The number of nitrogens with one attached hydrogen (secondary N) is 1. The molecule has 1 saturated carbocycles. The number of nitrogens with two attached hydrogens (primary N) is 1. The van der Waals surface area contributed by atoms with Gasteiger partial charge in [-0.3, -0.25) is 9.78 Å². The molecule has 0 atom stereocenters. The molecule has 3 N–H and O–H groups in total. The zero-order chi connectivity index (χ0) is 14.4. The van der Waals surface area contributed by atoms with Gasteiger partial charge in [-0.2, -0.15) is 5.26 Å². The van der Waals surface area contributed by atoms with Gasteiger partial charge in [0.05, 0.1) is 23.7 Å². The summed E-state index contributed by atoms with van der Waals surface area (Å²) < 4.78 is 0. The number of pyridine rings is 1. The van der Waals surface area contributed by atoms with Crippen molar-refractivity contribution in [1.29, 1.82) is 5.26 Å². The van der Waals surface area contributed by atoms with E-state index in [1.165, 1.54) is 11.8 Å². The van der Waals surface area contributed by atoms with Gasteiger partial charge in [0.1, 0.15) is 5.54 Å². The highest BCUT2D eigenvalue weighted by Gasteiger charge is 2.33. The number of thioether (sulfide) groups is 1. The molecule has 1 heterocycles. The standard InChI is InChI=1S/C14H18N4OS/c15-10-14(5-2-1-3-6-14)18-13(19)9-20-12-4-7-17-8-11(12)16/h4,7-8H,1-3,5-6,9,16H2,(H,18,19). The minimum absolute atomic E-state index is 0.116. The summed E-state index contributed by atoms with van der Waals surface area (Å²) in [5, 5.41) is 12.2. The average Bonchev–Trinajstić information content (AvgIpc) is 2.47. The predicted molar refractivity (Wildman–Crippen MR) is 78.9 cm³/mol. The van der Waals surface area contributed by atoms with Gasteiger partial charge in [0.25, 0.3) is 0 Å². The van der Waals surface area contributed by atoms with Crippen molar-refractivity contribution in [2.75, 3.05) is 11.5 Å². The third-order valence-electron chi connectivity index (χ3n) is 3.47. The number of aromatic nitrogens is 1. The minimum Gasteiger partial charge on any atom is -0.397 e. The normalized spacial score (nSPS) is 17.1. The molecule has 0 radical (unpaired) electrons. The lowest BCUT2D eigenvalue weighted by molar-refractivity contribution is -0.120. The fraction of sp³-hybridized carbons (Fsp3) is 0.500. The molecule has 0 aliphatic heterocycles. The molecule has 1 fully saturated rings. The van der Waals surface area contributed by atoms with Crippen molar-refractivity contribution < 1.29 is 4.79 Å². The SMILES string of the molecule is N#CC1(NC(=O)CSc2ccncc2N)CCCCC1. The van der Waals surface area contributed by atoms with E-state index in [1.807, 2.05) is 0 Å². The lowest BCUT2D eigenvalue weighted by Gasteiger charge is -2.31. The zero-order valence-electron chi connectivity index (χ0n) is 11.3. The van der Waals surface area contributed by atoms with Crippen LogP contribution in [0.2, 0.25) is 0 Å². The Labute approximate surface area is 122 Å². The van der Waals surface area contributed by atoms with Crippen LogP contribution >= 0.6 is 11.8 Å². The zero-order valence-corrected chi connectivity index (χ0v) is 12.1. The third-order valence-corrected chi connectivity index (χ3v) is 4.56. The lowest BCUT2D eigenvalue weighted by Crippen LogP contribution is -2.49. The lowest BCUT2D eigenvalue weighted by atomic mass is 9.83. The Hall–Kier alpha value is -1.74. The fourth-order valence-electron chi connectivity index (χ4n) is 2.39. The van der Waals surface area contributed by atoms with Crippen molar-refractivity contribution >= 4 is 23.4 Å². The summed E-state index contributed by atoms with van der Waals surface area (Å²) in [6.07, 6.45) is 7.85. The largest absolute Gasteiger partial charge is 0.397 e. The van der Waals surface area contributed by atoms with E-state index in [0.29, 0.717) is 5.69 Å². The summed E-state index contributed by atoms with van der Waals surface area (Å²) in [6.45, 7) is 0. The number of anilines is 1. The number of hydrogen-bond acceptors (Lipinski definition) is 5. The van der Waals surface area contributed by atoms with Crippen LogP contribution in [0.5, 0.6) is 0 Å².